The number of carbonyl (C=O) groups excluding carboxylic acids is 1. The first-order valence-corrected chi connectivity index (χ1v) is 12.1. The van der Waals surface area contributed by atoms with E-state index in [1.54, 1.807) is 4.68 Å². The predicted octanol–water partition coefficient (Wildman–Crippen LogP) is 4.66. The molecule has 1 amide bonds. The van der Waals surface area contributed by atoms with Crippen LogP contribution in [0.2, 0.25) is 0 Å². The first-order chi connectivity index (χ1) is 16.0. The number of para-hydroxylation sites is 1. The van der Waals surface area contributed by atoms with Crippen LogP contribution < -0.4 is 5.32 Å². The Morgan fingerprint density at radius 2 is 1.85 bits per heavy atom. The Labute approximate surface area is 196 Å². The third kappa shape index (κ3) is 5.42. The van der Waals surface area contributed by atoms with Crippen LogP contribution in [0, 0.1) is 5.92 Å². The molecule has 1 aromatic heterocycles. The minimum absolute atomic E-state index is 0.0722. The number of amides is 1. The van der Waals surface area contributed by atoms with E-state index in [0.29, 0.717) is 12.0 Å². The third-order valence-corrected chi connectivity index (χ3v) is 6.68. The zero-order valence-electron chi connectivity index (χ0n) is 20.1. The summed E-state index contributed by atoms with van der Waals surface area (Å²) in [6, 6.07) is 16.2. The zero-order valence-corrected chi connectivity index (χ0v) is 20.1. The second-order valence-corrected chi connectivity index (χ2v) is 9.16. The Hall–Kier alpha value is -2.77. The summed E-state index contributed by atoms with van der Waals surface area (Å²) in [7, 11) is 0. The molecule has 0 unspecified atom stereocenters. The van der Waals surface area contributed by atoms with Gasteiger partial charge in [-0.3, -0.25) is 4.79 Å². The Bertz CT molecular complexity index is 1060. The molecule has 0 spiro atoms. The number of carbonyl (C=O) groups is 1. The van der Waals surface area contributed by atoms with Crippen LogP contribution in [0.3, 0.4) is 0 Å². The molecule has 1 saturated heterocycles. The fraction of sp³-hybridized carbons (Fsp3) is 0.500. The van der Waals surface area contributed by atoms with Crippen molar-refractivity contribution in [2.45, 2.75) is 65.3 Å². The maximum atomic E-state index is 12.6. The standard InChI is InChI=1S/C26H35N5O2/c1-5-30(6-2)21-15-24(18(3)4)33-25(16-21)19-11-13-20(14-12-19)27-26(32)17-31-23-10-8-7-9-22(23)28-29-31/h7-14,18,21,24-25H,5-6,15-17H2,1-4H3,(H,27,32)/t21-,24-,25+/m1/s1. The summed E-state index contributed by atoms with van der Waals surface area (Å²) in [6.45, 7) is 11.2. The van der Waals surface area contributed by atoms with Gasteiger partial charge in [-0.15, -0.1) is 5.10 Å². The Morgan fingerprint density at radius 1 is 1.12 bits per heavy atom. The lowest BCUT2D eigenvalue weighted by Crippen LogP contribution is -2.44. The molecule has 1 aliphatic heterocycles. The summed E-state index contributed by atoms with van der Waals surface area (Å²) >= 11 is 0. The molecule has 33 heavy (non-hydrogen) atoms. The third-order valence-electron chi connectivity index (χ3n) is 6.68. The number of nitrogens with one attached hydrogen (secondary N) is 1. The highest BCUT2D eigenvalue weighted by atomic mass is 16.5. The van der Waals surface area contributed by atoms with Gasteiger partial charge < -0.3 is 15.0 Å². The van der Waals surface area contributed by atoms with Crippen LogP contribution >= 0.6 is 0 Å². The molecular weight excluding hydrogens is 414 g/mol. The van der Waals surface area contributed by atoms with Crippen molar-refractivity contribution in [2.24, 2.45) is 5.92 Å². The average Bonchev–Trinajstić information content (AvgIpc) is 3.23. The minimum atomic E-state index is -0.131. The van der Waals surface area contributed by atoms with Crippen molar-refractivity contribution in [1.82, 2.24) is 19.9 Å². The summed E-state index contributed by atoms with van der Waals surface area (Å²) < 4.78 is 8.12. The van der Waals surface area contributed by atoms with E-state index in [4.69, 9.17) is 4.74 Å². The Kier molecular flexibility index (Phi) is 7.40. The number of aromatic nitrogens is 3. The molecule has 3 aromatic rings. The quantitative estimate of drug-likeness (QED) is 0.542. The summed E-state index contributed by atoms with van der Waals surface area (Å²) in [4.78, 5) is 15.1. The molecule has 1 N–H and O–H groups in total. The van der Waals surface area contributed by atoms with E-state index in [1.165, 1.54) is 0 Å². The molecule has 0 saturated carbocycles. The fourth-order valence-corrected chi connectivity index (χ4v) is 4.77. The number of anilines is 1. The van der Waals surface area contributed by atoms with Gasteiger partial charge in [-0.05, 0) is 61.7 Å². The van der Waals surface area contributed by atoms with Crippen LogP contribution in [-0.2, 0) is 16.1 Å². The van der Waals surface area contributed by atoms with Gasteiger partial charge in [0.1, 0.15) is 12.1 Å². The molecule has 0 radical (unpaired) electrons. The van der Waals surface area contributed by atoms with Gasteiger partial charge in [-0.1, -0.05) is 57.2 Å². The van der Waals surface area contributed by atoms with E-state index in [2.05, 4.69) is 60.4 Å². The highest BCUT2D eigenvalue weighted by Gasteiger charge is 2.34. The molecule has 3 atom stereocenters. The number of hydrogen-bond donors (Lipinski definition) is 1. The highest BCUT2D eigenvalue weighted by molar-refractivity contribution is 5.91. The van der Waals surface area contributed by atoms with Crippen molar-refractivity contribution in [3.8, 4) is 0 Å². The minimum Gasteiger partial charge on any atom is -0.370 e. The van der Waals surface area contributed by atoms with Crippen LogP contribution in [0.1, 0.15) is 52.2 Å². The van der Waals surface area contributed by atoms with Gasteiger partial charge in [-0.25, -0.2) is 4.68 Å². The summed E-state index contributed by atoms with van der Waals surface area (Å²) in [6.07, 6.45) is 2.41. The van der Waals surface area contributed by atoms with E-state index in [0.717, 1.165) is 48.2 Å². The molecule has 2 heterocycles. The van der Waals surface area contributed by atoms with Crippen LogP contribution in [0.5, 0.6) is 0 Å². The van der Waals surface area contributed by atoms with Gasteiger partial charge in [0.15, 0.2) is 0 Å². The van der Waals surface area contributed by atoms with Gasteiger partial charge in [0.25, 0.3) is 0 Å². The van der Waals surface area contributed by atoms with Crippen LogP contribution in [-0.4, -0.2) is 51.0 Å². The summed E-state index contributed by atoms with van der Waals surface area (Å²) in [5, 5.41) is 11.2. The second kappa shape index (κ2) is 10.4. The number of fused-ring (bicyclic) bond motifs is 1. The van der Waals surface area contributed by atoms with Crippen molar-refractivity contribution < 1.29 is 9.53 Å². The molecule has 2 aromatic carbocycles. The zero-order chi connectivity index (χ0) is 23.4. The Morgan fingerprint density at radius 3 is 2.55 bits per heavy atom. The number of benzene rings is 2. The van der Waals surface area contributed by atoms with Crippen molar-refractivity contribution in [3.05, 3.63) is 54.1 Å². The fourth-order valence-electron chi connectivity index (χ4n) is 4.77. The first-order valence-electron chi connectivity index (χ1n) is 12.1. The lowest BCUT2D eigenvalue weighted by atomic mass is 9.89. The molecule has 176 valence electrons. The van der Waals surface area contributed by atoms with E-state index >= 15 is 0 Å². The monoisotopic (exact) mass is 449 g/mol. The van der Waals surface area contributed by atoms with E-state index in [9.17, 15) is 4.79 Å². The van der Waals surface area contributed by atoms with E-state index < -0.39 is 0 Å². The largest absolute Gasteiger partial charge is 0.370 e. The highest BCUT2D eigenvalue weighted by Crippen LogP contribution is 2.36. The smallest absolute Gasteiger partial charge is 0.246 e. The number of hydrogen-bond acceptors (Lipinski definition) is 5. The van der Waals surface area contributed by atoms with Gasteiger partial charge in [0.05, 0.1) is 17.7 Å². The van der Waals surface area contributed by atoms with Crippen molar-refractivity contribution in [3.63, 3.8) is 0 Å². The molecule has 1 aliphatic rings. The van der Waals surface area contributed by atoms with Crippen molar-refractivity contribution in [1.29, 1.82) is 0 Å². The van der Waals surface area contributed by atoms with Crippen molar-refractivity contribution >= 4 is 22.6 Å². The number of ether oxygens (including phenoxy) is 1. The average molecular weight is 450 g/mol. The van der Waals surface area contributed by atoms with Gasteiger partial charge in [0, 0.05) is 11.7 Å². The molecule has 7 nitrogen and oxygen atoms in total. The molecule has 7 heteroatoms. The lowest BCUT2D eigenvalue weighted by molar-refractivity contribution is -0.116. The van der Waals surface area contributed by atoms with Gasteiger partial charge in [-0.2, -0.15) is 0 Å². The molecule has 0 aliphatic carbocycles. The normalized spacial score (nSPS) is 21.1. The molecule has 1 fully saturated rings. The second-order valence-electron chi connectivity index (χ2n) is 9.16. The van der Waals surface area contributed by atoms with Crippen LogP contribution in [0.4, 0.5) is 5.69 Å². The molecule has 0 bridgehead atoms. The van der Waals surface area contributed by atoms with Crippen molar-refractivity contribution in [2.75, 3.05) is 18.4 Å². The van der Waals surface area contributed by atoms with Gasteiger partial charge in [0.2, 0.25) is 5.91 Å². The number of rotatable bonds is 8. The SMILES string of the molecule is CCN(CC)[C@H]1C[C@@H](c2ccc(NC(=O)Cn3nnc4ccccc43)cc2)O[C@@H](C(C)C)C1. The molecular formula is C26H35N5O2. The van der Waals surface area contributed by atoms with Crippen LogP contribution in [0.25, 0.3) is 11.0 Å². The predicted molar refractivity (Wildman–Crippen MR) is 131 cm³/mol. The topological polar surface area (TPSA) is 72.3 Å². The maximum Gasteiger partial charge on any atom is 0.246 e. The first kappa shape index (κ1) is 23.4. The molecule has 4 rings (SSSR count). The van der Waals surface area contributed by atoms with Crippen LogP contribution in [0.15, 0.2) is 48.5 Å². The van der Waals surface area contributed by atoms with Gasteiger partial charge >= 0.3 is 0 Å². The Balaban J connectivity index is 1.41. The number of nitrogens with zero attached hydrogens (tertiary/aromatic N) is 4. The van der Waals surface area contributed by atoms with E-state index in [1.807, 2.05) is 36.4 Å². The summed E-state index contributed by atoms with van der Waals surface area (Å²) in [5.41, 5.74) is 3.56. The van der Waals surface area contributed by atoms with E-state index in [-0.39, 0.29) is 24.7 Å². The lowest BCUT2D eigenvalue weighted by Gasteiger charge is -2.42. The maximum absolute atomic E-state index is 12.6. The summed E-state index contributed by atoms with van der Waals surface area (Å²) in [5.74, 6) is 0.353.